The number of nitrogens with two attached hydrogens (primary N) is 1. The lowest BCUT2D eigenvalue weighted by Crippen LogP contribution is -2.23. The second kappa shape index (κ2) is 53.4. The number of carbonyl (C=O) groups is 2. The number of primary amides is 1. The van der Waals surface area contributed by atoms with Gasteiger partial charge in [0.2, 0.25) is 11.8 Å². The lowest BCUT2D eigenvalue weighted by molar-refractivity contribution is -0.121. The van der Waals surface area contributed by atoms with E-state index < -0.39 is 0 Å². The minimum absolute atomic E-state index is 0.164. The predicted molar refractivity (Wildman–Crippen MR) is 251 cm³/mol. The van der Waals surface area contributed by atoms with Gasteiger partial charge in [0.15, 0.2) is 0 Å². The molecule has 0 aliphatic heterocycles. The Labute approximate surface area is 352 Å². The van der Waals surface area contributed by atoms with Gasteiger partial charge in [0.25, 0.3) is 0 Å². The quantitative estimate of drug-likeness (QED) is 0.0477. The molecule has 0 rings (SSSR count). The molecule has 0 atom stereocenters. The van der Waals surface area contributed by atoms with Crippen LogP contribution in [-0.4, -0.2) is 18.4 Å². The van der Waals surface area contributed by atoms with Crippen LogP contribution in [0.2, 0.25) is 0 Å². The van der Waals surface area contributed by atoms with Gasteiger partial charge >= 0.3 is 0 Å². The number of hydrogen-bond donors (Lipinski definition) is 2. The molecule has 0 aromatic heterocycles. The molecule has 332 valence electrons. The Balaban J connectivity index is 0. The number of unbranched alkanes of at least 4 members (excludes halogenated alkanes) is 35. The van der Waals surface area contributed by atoms with Crippen molar-refractivity contribution in [3.8, 4) is 0 Å². The minimum atomic E-state index is -0.164. The summed E-state index contributed by atoms with van der Waals surface area (Å²) in [7, 11) is 0. The van der Waals surface area contributed by atoms with Crippen molar-refractivity contribution >= 4 is 11.8 Å². The van der Waals surface area contributed by atoms with Crippen molar-refractivity contribution in [2.24, 2.45) is 5.73 Å². The van der Waals surface area contributed by atoms with Crippen molar-refractivity contribution in [1.82, 2.24) is 5.32 Å². The largest absolute Gasteiger partial charge is 0.370 e. The number of allylic oxidation sites excluding steroid dienone is 4. The highest BCUT2D eigenvalue weighted by molar-refractivity contribution is 5.75. The van der Waals surface area contributed by atoms with E-state index in [9.17, 15) is 9.59 Å². The summed E-state index contributed by atoms with van der Waals surface area (Å²) in [5, 5.41) is 3.13. The molecular formula is C52H102N2O2. The third kappa shape index (κ3) is 56.7. The fourth-order valence-electron chi connectivity index (χ4n) is 7.36. The molecule has 0 radical (unpaired) electrons. The molecule has 0 aliphatic carbocycles. The van der Waals surface area contributed by atoms with Gasteiger partial charge in [-0.1, -0.05) is 231 Å². The molecule has 56 heavy (non-hydrogen) atoms. The van der Waals surface area contributed by atoms with Crippen LogP contribution < -0.4 is 11.1 Å². The summed E-state index contributed by atoms with van der Waals surface area (Å²) in [6.07, 6.45) is 63.8. The molecule has 4 heteroatoms. The Bertz CT molecular complexity index is 807. The molecule has 0 unspecified atom stereocenters. The zero-order valence-electron chi connectivity index (χ0n) is 38.6. The summed E-state index contributed by atoms with van der Waals surface area (Å²) >= 11 is 0. The maximum atomic E-state index is 12.0. The van der Waals surface area contributed by atoms with Crippen LogP contribution in [0.1, 0.15) is 290 Å². The Morgan fingerprint density at radius 1 is 0.339 bits per heavy atom. The number of rotatable bonds is 45. The molecule has 0 aliphatic rings. The van der Waals surface area contributed by atoms with Crippen LogP contribution in [0, 0.1) is 0 Å². The summed E-state index contributed by atoms with van der Waals surface area (Å²) in [6, 6.07) is 0. The maximum Gasteiger partial charge on any atom is 0.219 e. The number of nitrogens with one attached hydrogen (secondary N) is 1. The van der Waals surface area contributed by atoms with Gasteiger partial charge in [0.1, 0.15) is 0 Å². The lowest BCUT2D eigenvalue weighted by atomic mass is 10.0. The van der Waals surface area contributed by atoms with E-state index in [1.54, 1.807) is 0 Å². The van der Waals surface area contributed by atoms with Crippen LogP contribution in [-0.2, 0) is 9.59 Å². The third-order valence-corrected chi connectivity index (χ3v) is 11.2. The number of amides is 2. The van der Waals surface area contributed by atoms with Gasteiger partial charge in [0.05, 0.1) is 0 Å². The van der Waals surface area contributed by atoms with Crippen molar-refractivity contribution in [1.29, 1.82) is 0 Å². The van der Waals surface area contributed by atoms with E-state index in [0.29, 0.717) is 6.42 Å². The van der Waals surface area contributed by atoms with Gasteiger partial charge in [0, 0.05) is 19.4 Å². The van der Waals surface area contributed by atoms with Crippen molar-refractivity contribution in [2.75, 3.05) is 6.54 Å². The van der Waals surface area contributed by atoms with E-state index in [2.05, 4.69) is 50.4 Å². The molecule has 2 amide bonds. The maximum absolute atomic E-state index is 12.0. The molecule has 0 saturated carbocycles. The summed E-state index contributed by atoms with van der Waals surface area (Å²) < 4.78 is 0. The molecule has 0 bridgehead atoms. The first-order valence-corrected chi connectivity index (χ1v) is 25.4. The molecule has 4 nitrogen and oxygen atoms in total. The first kappa shape index (κ1) is 56.5. The van der Waals surface area contributed by atoms with E-state index in [0.717, 1.165) is 38.6 Å². The second-order valence-corrected chi connectivity index (χ2v) is 17.1. The van der Waals surface area contributed by atoms with E-state index in [4.69, 9.17) is 5.73 Å². The minimum Gasteiger partial charge on any atom is -0.370 e. The Kier molecular flexibility index (Phi) is 53.9. The van der Waals surface area contributed by atoms with Gasteiger partial charge in [-0.3, -0.25) is 9.59 Å². The number of carbonyl (C=O) groups excluding carboxylic acids is 2. The Morgan fingerprint density at radius 3 is 0.893 bits per heavy atom. The average molecular weight is 787 g/mol. The molecule has 0 saturated heterocycles. The van der Waals surface area contributed by atoms with Gasteiger partial charge in [-0.05, 0) is 70.6 Å². The van der Waals surface area contributed by atoms with Crippen LogP contribution in [0.4, 0.5) is 0 Å². The van der Waals surface area contributed by atoms with Crippen LogP contribution in [0.25, 0.3) is 0 Å². The number of hydrogen-bond acceptors (Lipinski definition) is 2. The summed E-state index contributed by atoms with van der Waals surface area (Å²) in [5.74, 6) is 0.105. The topological polar surface area (TPSA) is 72.2 Å². The fourth-order valence-corrected chi connectivity index (χ4v) is 7.36. The first-order valence-electron chi connectivity index (χ1n) is 25.4. The normalized spacial score (nSPS) is 11.4. The van der Waals surface area contributed by atoms with Gasteiger partial charge in [-0.2, -0.15) is 0 Å². The molecule has 0 fully saturated rings. The first-order chi connectivity index (χ1) is 27.6. The van der Waals surface area contributed by atoms with E-state index in [1.165, 1.54) is 231 Å². The van der Waals surface area contributed by atoms with Crippen molar-refractivity contribution in [3.63, 3.8) is 0 Å². The smallest absolute Gasteiger partial charge is 0.219 e. The Hall–Kier alpha value is -1.58. The lowest BCUT2D eigenvalue weighted by Gasteiger charge is -2.06. The highest BCUT2D eigenvalue weighted by Crippen LogP contribution is 2.14. The molecule has 3 N–H and O–H groups in total. The van der Waals surface area contributed by atoms with Gasteiger partial charge in [-0.25, -0.2) is 0 Å². The van der Waals surface area contributed by atoms with Crippen LogP contribution in [0.15, 0.2) is 24.3 Å². The van der Waals surface area contributed by atoms with E-state index in [1.807, 2.05) is 0 Å². The standard InChI is InChI=1S/C34H67NO.C18H35NO/c1-3-5-7-9-11-13-15-17-18-19-21-23-25-27-29-31-33-35-34(36)32-30-28-26-24-22-20-16-14-12-10-8-6-4-2;1-2-3-4-5-6-7-8-9-10-11-12-13-14-15-16-17-18(19)20/h17-18H,3-16,19-33H2,1-2H3,(H,35,36);9-10H,2-8,11-17H2,1H3,(H2,19,20)/b;10-9-. The average Bonchev–Trinajstić information content (AvgIpc) is 3.19. The highest BCUT2D eigenvalue weighted by Gasteiger charge is 2.01. The van der Waals surface area contributed by atoms with E-state index in [-0.39, 0.29) is 11.8 Å². The monoisotopic (exact) mass is 787 g/mol. The SMILES string of the molecule is CCCCCCCC/C=C\CCCCCCCC(N)=O.CCCCCCCCC=CCCCCCCCCNC(=O)CCCCCCCCCCCCCCC. The Morgan fingerprint density at radius 2 is 0.589 bits per heavy atom. The van der Waals surface area contributed by atoms with E-state index >= 15 is 0 Å². The molecule has 0 heterocycles. The fraction of sp³-hybridized carbons (Fsp3) is 0.885. The third-order valence-electron chi connectivity index (χ3n) is 11.2. The van der Waals surface area contributed by atoms with Crippen molar-refractivity contribution in [3.05, 3.63) is 24.3 Å². The predicted octanol–water partition coefficient (Wildman–Crippen LogP) is 17.1. The van der Waals surface area contributed by atoms with Gasteiger partial charge in [-0.15, -0.1) is 0 Å². The summed E-state index contributed by atoms with van der Waals surface area (Å²) in [4.78, 5) is 22.5. The zero-order chi connectivity index (χ0) is 41.1. The summed E-state index contributed by atoms with van der Waals surface area (Å²) in [6.45, 7) is 7.71. The highest BCUT2D eigenvalue weighted by atomic mass is 16.1. The van der Waals surface area contributed by atoms with Crippen LogP contribution >= 0.6 is 0 Å². The van der Waals surface area contributed by atoms with Crippen LogP contribution in [0.5, 0.6) is 0 Å². The van der Waals surface area contributed by atoms with Crippen LogP contribution in [0.3, 0.4) is 0 Å². The molecule has 0 aromatic carbocycles. The molecular weight excluding hydrogens is 685 g/mol. The van der Waals surface area contributed by atoms with Crippen molar-refractivity contribution in [2.45, 2.75) is 290 Å². The molecule has 0 aromatic rings. The van der Waals surface area contributed by atoms with Crippen molar-refractivity contribution < 1.29 is 9.59 Å². The molecule has 0 spiro atoms. The second-order valence-electron chi connectivity index (χ2n) is 17.1. The van der Waals surface area contributed by atoms with Gasteiger partial charge < -0.3 is 11.1 Å². The zero-order valence-corrected chi connectivity index (χ0v) is 38.6. The summed E-state index contributed by atoms with van der Waals surface area (Å²) in [5.41, 5.74) is 5.10.